The minimum Gasteiger partial charge on any atom is -0.352 e. The summed E-state index contributed by atoms with van der Waals surface area (Å²) in [4.78, 5) is 10.1. The molecule has 2 atom stereocenters. The number of hydrogen-bond donors (Lipinski definition) is 2. The molecular weight excluding hydrogens is 104 g/mol. The van der Waals surface area contributed by atoms with Gasteiger partial charge in [0.2, 0.25) is 0 Å². The summed E-state index contributed by atoms with van der Waals surface area (Å²) < 4.78 is 0. The van der Waals surface area contributed by atoms with E-state index >= 15 is 0 Å². The van der Waals surface area contributed by atoms with E-state index in [0.717, 1.165) is 6.42 Å². The molecule has 0 radical (unpaired) electrons. The maximum absolute atomic E-state index is 10.1. The minimum absolute atomic E-state index is 0.368. The molecule has 3 nitrogen and oxygen atoms in total. The molecule has 2 amide bonds. The molecule has 46 valence electrons. The summed E-state index contributed by atoms with van der Waals surface area (Å²) in [5, 5.41) is 2.61. The van der Waals surface area contributed by atoms with Crippen molar-refractivity contribution in [2.24, 2.45) is 11.7 Å². The molecule has 1 aliphatic rings. The van der Waals surface area contributed by atoms with Gasteiger partial charge in [0, 0.05) is 6.04 Å². The average Bonchev–Trinajstić information content (AvgIpc) is 2.17. The molecule has 3 heteroatoms. The largest absolute Gasteiger partial charge is 0.352 e. The van der Waals surface area contributed by atoms with Gasteiger partial charge in [0.25, 0.3) is 0 Å². The van der Waals surface area contributed by atoms with Gasteiger partial charge in [-0.2, -0.15) is 0 Å². The fourth-order valence-electron chi connectivity index (χ4n) is 0.706. The van der Waals surface area contributed by atoms with Crippen molar-refractivity contribution in [1.29, 1.82) is 0 Å². The van der Waals surface area contributed by atoms with Crippen LogP contribution in [-0.4, -0.2) is 12.1 Å². The van der Waals surface area contributed by atoms with E-state index in [1.807, 2.05) is 0 Å². The zero-order valence-corrected chi connectivity index (χ0v) is 4.85. The maximum Gasteiger partial charge on any atom is 0.312 e. The number of carbonyl (C=O) groups is 1. The number of urea groups is 1. The Kier molecular flexibility index (Phi) is 1.12. The predicted octanol–water partition coefficient (Wildman–Crippen LogP) is 0.0631. The van der Waals surface area contributed by atoms with Crippen molar-refractivity contribution < 1.29 is 4.79 Å². The van der Waals surface area contributed by atoms with Crippen molar-refractivity contribution in [1.82, 2.24) is 5.32 Å². The fraction of sp³-hybridized carbons (Fsp3) is 0.800. The van der Waals surface area contributed by atoms with E-state index in [1.54, 1.807) is 0 Å². The van der Waals surface area contributed by atoms with Crippen LogP contribution in [0.5, 0.6) is 0 Å². The Morgan fingerprint density at radius 3 is 2.50 bits per heavy atom. The third-order valence-electron chi connectivity index (χ3n) is 1.44. The number of amides is 2. The van der Waals surface area contributed by atoms with E-state index in [9.17, 15) is 4.79 Å². The van der Waals surface area contributed by atoms with Crippen LogP contribution in [0.4, 0.5) is 4.79 Å². The van der Waals surface area contributed by atoms with Gasteiger partial charge in [0.1, 0.15) is 0 Å². The lowest BCUT2D eigenvalue weighted by molar-refractivity contribution is 0.248. The first-order valence-corrected chi connectivity index (χ1v) is 2.76. The molecule has 3 N–H and O–H groups in total. The van der Waals surface area contributed by atoms with Crippen LogP contribution in [0.3, 0.4) is 0 Å². The Morgan fingerprint density at radius 2 is 2.38 bits per heavy atom. The molecule has 0 aromatic carbocycles. The predicted molar refractivity (Wildman–Crippen MR) is 30.3 cm³/mol. The second-order valence-electron chi connectivity index (χ2n) is 2.33. The minimum atomic E-state index is -0.403. The zero-order chi connectivity index (χ0) is 6.15. The first-order valence-electron chi connectivity index (χ1n) is 2.76. The first kappa shape index (κ1) is 5.41. The molecule has 0 aromatic rings. The lowest BCUT2D eigenvalue weighted by atomic mass is 10.5. The van der Waals surface area contributed by atoms with Gasteiger partial charge in [-0.25, -0.2) is 4.79 Å². The van der Waals surface area contributed by atoms with Crippen LogP contribution in [0.1, 0.15) is 13.3 Å². The molecule has 1 aliphatic carbocycles. The smallest absolute Gasteiger partial charge is 0.312 e. The van der Waals surface area contributed by atoms with Gasteiger partial charge in [-0.1, -0.05) is 6.92 Å². The summed E-state index contributed by atoms with van der Waals surface area (Å²) in [7, 11) is 0. The summed E-state index contributed by atoms with van der Waals surface area (Å²) in [5.74, 6) is 0.641. The van der Waals surface area contributed by atoms with E-state index in [2.05, 4.69) is 12.2 Å². The van der Waals surface area contributed by atoms with E-state index in [-0.39, 0.29) is 0 Å². The summed E-state index contributed by atoms with van der Waals surface area (Å²) >= 11 is 0. The molecule has 0 unspecified atom stereocenters. The number of primary amides is 1. The molecule has 8 heavy (non-hydrogen) atoms. The number of carbonyl (C=O) groups excluding carboxylic acids is 1. The first-order chi connectivity index (χ1) is 3.70. The Labute approximate surface area is 48.2 Å². The van der Waals surface area contributed by atoms with Crippen LogP contribution in [0.2, 0.25) is 0 Å². The van der Waals surface area contributed by atoms with Crippen LogP contribution in [0.25, 0.3) is 0 Å². The highest BCUT2D eigenvalue weighted by atomic mass is 16.2. The van der Waals surface area contributed by atoms with Crippen molar-refractivity contribution in [3.63, 3.8) is 0 Å². The molecule has 1 rings (SSSR count). The number of hydrogen-bond acceptors (Lipinski definition) is 1. The van der Waals surface area contributed by atoms with E-state index in [0.29, 0.717) is 12.0 Å². The third kappa shape index (κ3) is 1.12. The molecule has 0 saturated heterocycles. The highest BCUT2D eigenvalue weighted by molar-refractivity contribution is 5.72. The lowest BCUT2D eigenvalue weighted by Gasteiger charge is -1.94. The van der Waals surface area contributed by atoms with E-state index in [4.69, 9.17) is 5.73 Å². The van der Waals surface area contributed by atoms with E-state index < -0.39 is 6.03 Å². The molecule has 0 heterocycles. The number of nitrogens with two attached hydrogens (primary N) is 1. The van der Waals surface area contributed by atoms with Gasteiger partial charge in [-0.3, -0.25) is 0 Å². The molecule has 0 aliphatic heterocycles. The van der Waals surface area contributed by atoms with E-state index in [1.165, 1.54) is 0 Å². The second kappa shape index (κ2) is 1.65. The molecule has 1 fully saturated rings. The zero-order valence-electron chi connectivity index (χ0n) is 4.85. The Hall–Kier alpha value is -0.730. The fourth-order valence-corrected chi connectivity index (χ4v) is 0.706. The standard InChI is InChI=1S/C5H10N2O/c1-3-2-4(3)7-5(6)8/h3-4H,2H2,1H3,(H3,6,7,8)/t3-,4+/m0/s1. The monoisotopic (exact) mass is 114 g/mol. The van der Waals surface area contributed by atoms with Crippen LogP contribution in [-0.2, 0) is 0 Å². The van der Waals surface area contributed by atoms with Gasteiger partial charge in [0.15, 0.2) is 0 Å². The van der Waals surface area contributed by atoms with Gasteiger partial charge in [-0.05, 0) is 12.3 Å². The van der Waals surface area contributed by atoms with Crippen LogP contribution in [0, 0.1) is 5.92 Å². The summed E-state index contributed by atoms with van der Waals surface area (Å²) in [6.45, 7) is 2.08. The molecular formula is C5H10N2O. The summed E-state index contributed by atoms with van der Waals surface area (Å²) in [6, 6.07) is -0.0353. The highest BCUT2D eigenvalue weighted by Gasteiger charge is 2.33. The molecule has 0 aromatic heterocycles. The van der Waals surface area contributed by atoms with Gasteiger partial charge < -0.3 is 11.1 Å². The maximum atomic E-state index is 10.1. The lowest BCUT2D eigenvalue weighted by Crippen LogP contribution is -2.31. The SMILES string of the molecule is C[C@H]1C[C@H]1NC(N)=O. The quantitative estimate of drug-likeness (QED) is 0.497. The molecule has 0 bridgehead atoms. The van der Waals surface area contributed by atoms with Gasteiger partial charge in [-0.15, -0.1) is 0 Å². The van der Waals surface area contributed by atoms with Crippen molar-refractivity contribution in [3.05, 3.63) is 0 Å². The molecule has 1 saturated carbocycles. The Balaban J connectivity index is 2.14. The summed E-state index contributed by atoms with van der Waals surface area (Å²) in [5.41, 5.74) is 4.85. The Morgan fingerprint density at radius 1 is 1.88 bits per heavy atom. The van der Waals surface area contributed by atoms with Crippen molar-refractivity contribution in [3.8, 4) is 0 Å². The molecule has 0 spiro atoms. The topological polar surface area (TPSA) is 55.1 Å². The normalized spacial score (nSPS) is 34.1. The van der Waals surface area contributed by atoms with Gasteiger partial charge >= 0.3 is 6.03 Å². The van der Waals surface area contributed by atoms with Crippen molar-refractivity contribution in [2.75, 3.05) is 0 Å². The van der Waals surface area contributed by atoms with Gasteiger partial charge in [0.05, 0.1) is 0 Å². The van der Waals surface area contributed by atoms with Crippen molar-refractivity contribution in [2.45, 2.75) is 19.4 Å². The van der Waals surface area contributed by atoms with Crippen LogP contribution >= 0.6 is 0 Å². The third-order valence-corrected chi connectivity index (χ3v) is 1.44. The van der Waals surface area contributed by atoms with Crippen LogP contribution in [0.15, 0.2) is 0 Å². The number of nitrogens with one attached hydrogen (secondary N) is 1. The number of rotatable bonds is 1. The van der Waals surface area contributed by atoms with Crippen molar-refractivity contribution >= 4 is 6.03 Å². The second-order valence-corrected chi connectivity index (χ2v) is 2.33. The highest BCUT2D eigenvalue weighted by Crippen LogP contribution is 2.28. The van der Waals surface area contributed by atoms with Crippen LogP contribution < -0.4 is 11.1 Å². The average molecular weight is 114 g/mol. The Bertz CT molecular complexity index is 113. The summed E-state index contributed by atoms with van der Waals surface area (Å²) in [6.07, 6.45) is 1.09.